The molecule has 0 radical (unpaired) electrons. The van der Waals surface area contributed by atoms with Gasteiger partial charge in [-0.2, -0.15) is 0 Å². The monoisotopic (exact) mass is 267 g/mol. The summed E-state index contributed by atoms with van der Waals surface area (Å²) in [5, 5.41) is 0. The first-order valence-electron chi connectivity index (χ1n) is 7.35. The average Bonchev–Trinajstić information content (AvgIpc) is 2.39. The third-order valence-electron chi connectivity index (χ3n) is 3.30. The van der Waals surface area contributed by atoms with Crippen molar-refractivity contribution in [3.8, 4) is 0 Å². The van der Waals surface area contributed by atoms with Crippen LogP contribution in [0.4, 0.5) is 0 Å². The summed E-state index contributed by atoms with van der Waals surface area (Å²) in [7, 11) is 0. The van der Waals surface area contributed by atoms with Crippen molar-refractivity contribution in [3.05, 3.63) is 23.3 Å². The molecule has 1 heterocycles. The molecule has 0 saturated carbocycles. The van der Waals surface area contributed by atoms with E-state index in [2.05, 4.69) is 37.8 Å². The molecule has 0 aromatic heterocycles. The van der Waals surface area contributed by atoms with Crippen LogP contribution in [0.5, 0.6) is 0 Å². The minimum absolute atomic E-state index is 0.741. The highest BCUT2D eigenvalue weighted by Gasteiger charge is 2.08. The summed E-state index contributed by atoms with van der Waals surface area (Å²) in [6.45, 7) is 12.9. The Morgan fingerprint density at radius 2 is 1.89 bits per heavy atom. The summed E-state index contributed by atoms with van der Waals surface area (Å²) < 4.78 is 11.0. The summed E-state index contributed by atoms with van der Waals surface area (Å²) in [5.74, 6) is 0. The molecule has 0 atom stereocenters. The summed E-state index contributed by atoms with van der Waals surface area (Å²) in [5.41, 5.74) is 2.82. The van der Waals surface area contributed by atoms with Crippen LogP contribution in [0.3, 0.4) is 0 Å². The third kappa shape index (κ3) is 8.98. The van der Waals surface area contributed by atoms with E-state index in [4.69, 9.17) is 9.47 Å². The maximum absolute atomic E-state index is 5.66. The second kappa shape index (κ2) is 10.2. The van der Waals surface area contributed by atoms with Crippen molar-refractivity contribution in [1.82, 2.24) is 4.90 Å². The minimum atomic E-state index is 0.741. The smallest absolute Gasteiger partial charge is 0.0650 e. The molecule has 1 rings (SSSR count). The molecule has 1 aliphatic rings. The molecule has 0 unspecified atom stereocenters. The molecule has 0 aromatic rings. The number of ether oxygens (including phenoxy) is 2. The van der Waals surface area contributed by atoms with Crippen LogP contribution in [-0.2, 0) is 9.47 Å². The standard InChI is InChI=1S/C16H29NO2/c1-15(2)5-4-6-16(3)7-11-18-12-8-17-9-13-19-14-10-17/h5,7H,4,6,8-14H2,1-3H3. The summed E-state index contributed by atoms with van der Waals surface area (Å²) in [4.78, 5) is 2.40. The first kappa shape index (κ1) is 16.4. The highest BCUT2D eigenvalue weighted by Crippen LogP contribution is 2.06. The molecule has 19 heavy (non-hydrogen) atoms. The Balaban J connectivity index is 2.00. The van der Waals surface area contributed by atoms with E-state index in [9.17, 15) is 0 Å². The summed E-state index contributed by atoms with van der Waals surface area (Å²) in [6.07, 6.45) is 6.77. The van der Waals surface area contributed by atoms with Gasteiger partial charge >= 0.3 is 0 Å². The SMILES string of the molecule is CC(C)=CCCC(C)=CCOCCN1CCOCC1. The second-order valence-corrected chi connectivity index (χ2v) is 5.40. The number of nitrogens with zero attached hydrogens (tertiary/aromatic N) is 1. The van der Waals surface area contributed by atoms with Crippen molar-refractivity contribution < 1.29 is 9.47 Å². The number of hydrogen-bond donors (Lipinski definition) is 0. The predicted molar refractivity (Wildman–Crippen MR) is 80.5 cm³/mol. The van der Waals surface area contributed by atoms with Gasteiger partial charge in [0, 0.05) is 19.6 Å². The topological polar surface area (TPSA) is 21.7 Å². The Morgan fingerprint density at radius 1 is 1.16 bits per heavy atom. The van der Waals surface area contributed by atoms with Crippen molar-refractivity contribution in [1.29, 1.82) is 0 Å². The molecular formula is C16H29NO2. The Hall–Kier alpha value is -0.640. The number of morpholine rings is 1. The number of rotatable bonds is 8. The largest absolute Gasteiger partial charge is 0.379 e. The van der Waals surface area contributed by atoms with Gasteiger partial charge in [0.25, 0.3) is 0 Å². The van der Waals surface area contributed by atoms with Crippen LogP contribution in [-0.4, -0.2) is 51.0 Å². The van der Waals surface area contributed by atoms with Gasteiger partial charge in [-0.1, -0.05) is 23.3 Å². The molecule has 1 aliphatic heterocycles. The lowest BCUT2D eigenvalue weighted by molar-refractivity contribution is 0.0233. The van der Waals surface area contributed by atoms with E-state index in [-0.39, 0.29) is 0 Å². The third-order valence-corrected chi connectivity index (χ3v) is 3.30. The minimum Gasteiger partial charge on any atom is -0.379 e. The summed E-state index contributed by atoms with van der Waals surface area (Å²) in [6, 6.07) is 0. The quantitative estimate of drug-likeness (QED) is 0.498. The van der Waals surface area contributed by atoms with Crippen LogP contribution in [0.15, 0.2) is 23.3 Å². The van der Waals surface area contributed by atoms with Crippen LogP contribution in [0.1, 0.15) is 33.6 Å². The Morgan fingerprint density at radius 3 is 2.58 bits per heavy atom. The van der Waals surface area contributed by atoms with Crippen molar-refractivity contribution in [2.24, 2.45) is 0 Å². The molecule has 0 aliphatic carbocycles. The van der Waals surface area contributed by atoms with Crippen LogP contribution < -0.4 is 0 Å². The zero-order chi connectivity index (χ0) is 13.9. The Kier molecular flexibility index (Phi) is 8.80. The second-order valence-electron chi connectivity index (χ2n) is 5.40. The van der Waals surface area contributed by atoms with Crippen LogP contribution >= 0.6 is 0 Å². The molecule has 3 heteroatoms. The Bertz CT molecular complexity index is 287. The molecule has 1 saturated heterocycles. The fourth-order valence-electron chi connectivity index (χ4n) is 1.99. The number of hydrogen-bond acceptors (Lipinski definition) is 3. The van der Waals surface area contributed by atoms with Gasteiger partial charge in [0.05, 0.1) is 26.4 Å². The van der Waals surface area contributed by atoms with E-state index in [1.54, 1.807) is 0 Å². The zero-order valence-corrected chi connectivity index (χ0v) is 12.8. The van der Waals surface area contributed by atoms with Gasteiger partial charge in [0.2, 0.25) is 0 Å². The normalized spacial score (nSPS) is 17.5. The van der Waals surface area contributed by atoms with Gasteiger partial charge in [0.1, 0.15) is 0 Å². The fraction of sp³-hybridized carbons (Fsp3) is 0.750. The first-order valence-corrected chi connectivity index (χ1v) is 7.35. The first-order chi connectivity index (χ1) is 9.18. The molecular weight excluding hydrogens is 238 g/mol. The van der Waals surface area contributed by atoms with Crippen molar-refractivity contribution in [2.75, 3.05) is 46.1 Å². The van der Waals surface area contributed by atoms with E-state index in [0.717, 1.165) is 58.9 Å². The van der Waals surface area contributed by atoms with E-state index < -0.39 is 0 Å². The van der Waals surface area contributed by atoms with Crippen LogP contribution in [0, 0.1) is 0 Å². The lowest BCUT2D eigenvalue weighted by Gasteiger charge is -2.26. The van der Waals surface area contributed by atoms with Crippen LogP contribution in [0.25, 0.3) is 0 Å². The van der Waals surface area contributed by atoms with E-state index >= 15 is 0 Å². The average molecular weight is 267 g/mol. The van der Waals surface area contributed by atoms with E-state index in [1.165, 1.54) is 11.1 Å². The van der Waals surface area contributed by atoms with Crippen molar-refractivity contribution >= 4 is 0 Å². The summed E-state index contributed by atoms with van der Waals surface area (Å²) >= 11 is 0. The molecule has 3 nitrogen and oxygen atoms in total. The molecule has 0 spiro atoms. The van der Waals surface area contributed by atoms with Gasteiger partial charge in [-0.05, 0) is 33.6 Å². The zero-order valence-electron chi connectivity index (χ0n) is 12.8. The molecule has 110 valence electrons. The maximum Gasteiger partial charge on any atom is 0.0650 e. The fourth-order valence-corrected chi connectivity index (χ4v) is 1.99. The van der Waals surface area contributed by atoms with Crippen LogP contribution in [0.2, 0.25) is 0 Å². The molecule has 0 amide bonds. The van der Waals surface area contributed by atoms with Crippen molar-refractivity contribution in [3.63, 3.8) is 0 Å². The molecule has 1 fully saturated rings. The highest BCUT2D eigenvalue weighted by atomic mass is 16.5. The van der Waals surface area contributed by atoms with Gasteiger partial charge in [-0.25, -0.2) is 0 Å². The van der Waals surface area contributed by atoms with E-state index in [1.807, 2.05) is 0 Å². The molecule has 0 N–H and O–H groups in total. The lowest BCUT2D eigenvalue weighted by Crippen LogP contribution is -2.38. The molecule has 0 aromatic carbocycles. The van der Waals surface area contributed by atoms with Gasteiger partial charge in [0.15, 0.2) is 0 Å². The van der Waals surface area contributed by atoms with Gasteiger partial charge in [-0.3, -0.25) is 4.90 Å². The predicted octanol–water partition coefficient (Wildman–Crippen LogP) is 3.03. The van der Waals surface area contributed by atoms with Gasteiger partial charge in [-0.15, -0.1) is 0 Å². The maximum atomic E-state index is 5.66. The van der Waals surface area contributed by atoms with E-state index in [0.29, 0.717) is 0 Å². The van der Waals surface area contributed by atoms with Crippen molar-refractivity contribution in [2.45, 2.75) is 33.6 Å². The Labute approximate surface area is 118 Å². The highest BCUT2D eigenvalue weighted by molar-refractivity contribution is 5.02. The lowest BCUT2D eigenvalue weighted by atomic mass is 10.1. The number of allylic oxidation sites excluding steroid dienone is 3. The molecule has 0 bridgehead atoms. The van der Waals surface area contributed by atoms with Gasteiger partial charge < -0.3 is 9.47 Å².